The summed E-state index contributed by atoms with van der Waals surface area (Å²) < 4.78 is 13.5. The van der Waals surface area contributed by atoms with Crippen LogP contribution in [0.2, 0.25) is 5.02 Å². The largest absolute Gasteiger partial charge is 0.318 e. The van der Waals surface area contributed by atoms with Crippen LogP contribution in [-0.2, 0) is 0 Å². The Bertz CT molecular complexity index is 659. The Balaban J connectivity index is 2.29. The number of anilines is 1. The van der Waals surface area contributed by atoms with Gasteiger partial charge < -0.3 is 5.32 Å². The number of nitrogens with zero attached hydrogens (tertiary/aromatic N) is 1. The minimum absolute atomic E-state index is 0.0727. The summed E-state index contributed by atoms with van der Waals surface area (Å²) >= 11 is 5.81. The molecule has 19 heavy (non-hydrogen) atoms. The number of para-hydroxylation sites is 1. The fourth-order valence-electron chi connectivity index (χ4n) is 1.53. The van der Waals surface area contributed by atoms with Gasteiger partial charge in [-0.15, -0.1) is 0 Å². The van der Waals surface area contributed by atoms with Crippen molar-refractivity contribution in [3.05, 3.63) is 64.4 Å². The lowest BCUT2D eigenvalue weighted by atomic mass is 10.1. The molecule has 0 aliphatic carbocycles. The normalized spacial score (nSPS) is 9.74. The highest BCUT2D eigenvalue weighted by atomic mass is 35.5. The molecule has 0 spiro atoms. The van der Waals surface area contributed by atoms with Gasteiger partial charge in [0.1, 0.15) is 5.82 Å². The third-order valence-corrected chi connectivity index (χ3v) is 2.77. The van der Waals surface area contributed by atoms with Crippen LogP contribution in [0.5, 0.6) is 0 Å². The van der Waals surface area contributed by atoms with E-state index in [4.69, 9.17) is 16.9 Å². The smallest absolute Gasteiger partial charge is 0.255 e. The lowest BCUT2D eigenvalue weighted by Gasteiger charge is -2.08. The summed E-state index contributed by atoms with van der Waals surface area (Å²) in [6, 6.07) is 12.2. The SMILES string of the molecule is N#Cc1cccc(C(=O)Nc2c(F)cccc2Cl)c1. The van der Waals surface area contributed by atoms with Crippen molar-refractivity contribution in [2.45, 2.75) is 0 Å². The van der Waals surface area contributed by atoms with E-state index in [2.05, 4.69) is 5.32 Å². The molecule has 0 bridgehead atoms. The lowest BCUT2D eigenvalue weighted by Crippen LogP contribution is -2.13. The van der Waals surface area contributed by atoms with Crippen LogP contribution < -0.4 is 5.32 Å². The number of benzene rings is 2. The van der Waals surface area contributed by atoms with E-state index in [1.807, 2.05) is 6.07 Å². The van der Waals surface area contributed by atoms with Gasteiger partial charge in [-0.3, -0.25) is 4.79 Å². The quantitative estimate of drug-likeness (QED) is 0.909. The Morgan fingerprint density at radius 2 is 2.00 bits per heavy atom. The Morgan fingerprint density at radius 3 is 2.68 bits per heavy atom. The van der Waals surface area contributed by atoms with E-state index in [9.17, 15) is 9.18 Å². The highest BCUT2D eigenvalue weighted by molar-refractivity contribution is 6.34. The van der Waals surface area contributed by atoms with E-state index in [0.29, 0.717) is 5.56 Å². The molecule has 2 aromatic rings. The minimum Gasteiger partial charge on any atom is -0.318 e. The molecule has 94 valence electrons. The maximum absolute atomic E-state index is 13.5. The molecular formula is C14H8ClFN2O. The zero-order valence-electron chi connectivity index (χ0n) is 9.65. The van der Waals surface area contributed by atoms with E-state index in [1.54, 1.807) is 12.1 Å². The van der Waals surface area contributed by atoms with Gasteiger partial charge in [0.2, 0.25) is 0 Å². The predicted octanol–water partition coefficient (Wildman–Crippen LogP) is 3.60. The molecule has 0 fully saturated rings. The number of carbonyl (C=O) groups is 1. The summed E-state index contributed by atoms with van der Waals surface area (Å²) in [5, 5.41) is 11.3. The van der Waals surface area contributed by atoms with E-state index >= 15 is 0 Å². The van der Waals surface area contributed by atoms with E-state index in [-0.39, 0.29) is 16.3 Å². The Hall–Kier alpha value is -2.38. The van der Waals surface area contributed by atoms with Gasteiger partial charge in [-0.1, -0.05) is 23.7 Å². The number of hydrogen-bond acceptors (Lipinski definition) is 2. The summed E-state index contributed by atoms with van der Waals surface area (Å²) in [6.07, 6.45) is 0. The number of carbonyl (C=O) groups excluding carboxylic acids is 1. The fourth-order valence-corrected chi connectivity index (χ4v) is 1.74. The van der Waals surface area contributed by atoms with Crippen molar-refractivity contribution in [3.63, 3.8) is 0 Å². The maximum Gasteiger partial charge on any atom is 0.255 e. The first-order valence-corrected chi connectivity index (χ1v) is 5.75. The van der Waals surface area contributed by atoms with Crippen molar-refractivity contribution in [3.8, 4) is 6.07 Å². The molecule has 5 heteroatoms. The van der Waals surface area contributed by atoms with Crippen LogP contribution in [0.4, 0.5) is 10.1 Å². The number of amides is 1. The van der Waals surface area contributed by atoms with Crippen molar-refractivity contribution in [2.75, 3.05) is 5.32 Å². The van der Waals surface area contributed by atoms with E-state index in [0.717, 1.165) is 0 Å². The minimum atomic E-state index is -0.614. The lowest BCUT2D eigenvalue weighted by molar-refractivity contribution is 0.102. The molecule has 0 saturated carbocycles. The summed E-state index contributed by atoms with van der Waals surface area (Å²) in [6.45, 7) is 0. The summed E-state index contributed by atoms with van der Waals surface area (Å²) in [7, 11) is 0. The van der Waals surface area contributed by atoms with Gasteiger partial charge in [-0.2, -0.15) is 5.26 Å². The Kier molecular flexibility index (Phi) is 3.79. The number of halogens is 2. The first-order chi connectivity index (χ1) is 9.11. The monoisotopic (exact) mass is 274 g/mol. The molecular weight excluding hydrogens is 267 g/mol. The van der Waals surface area contributed by atoms with Gasteiger partial charge in [0, 0.05) is 5.56 Å². The average Bonchev–Trinajstić information content (AvgIpc) is 2.43. The molecule has 0 aliphatic rings. The molecule has 1 amide bonds. The van der Waals surface area contributed by atoms with Crippen LogP contribution in [0.15, 0.2) is 42.5 Å². The maximum atomic E-state index is 13.5. The topological polar surface area (TPSA) is 52.9 Å². The molecule has 0 aliphatic heterocycles. The van der Waals surface area contributed by atoms with Crippen molar-refractivity contribution in [1.29, 1.82) is 5.26 Å². The zero-order valence-corrected chi connectivity index (χ0v) is 10.4. The average molecular weight is 275 g/mol. The second-order valence-corrected chi connectivity index (χ2v) is 4.15. The van der Waals surface area contributed by atoms with Gasteiger partial charge in [-0.25, -0.2) is 4.39 Å². The van der Waals surface area contributed by atoms with Crippen molar-refractivity contribution >= 4 is 23.2 Å². The van der Waals surface area contributed by atoms with Crippen LogP contribution in [-0.4, -0.2) is 5.91 Å². The standard InChI is InChI=1S/C14H8ClFN2O/c15-11-5-2-6-12(16)13(11)18-14(19)10-4-1-3-9(7-10)8-17/h1-7H,(H,18,19). The van der Waals surface area contributed by atoms with Gasteiger partial charge in [-0.05, 0) is 30.3 Å². The number of rotatable bonds is 2. The van der Waals surface area contributed by atoms with Gasteiger partial charge in [0.15, 0.2) is 0 Å². The van der Waals surface area contributed by atoms with Crippen molar-refractivity contribution in [1.82, 2.24) is 0 Å². The highest BCUT2D eigenvalue weighted by Gasteiger charge is 2.12. The molecule has 2 aromatic carbocycles. The Morgan fingerprint density at radius 1 is 1.26 bits per heavy atom. The molecule has 1 N–H and O–H groups in total. The fraction of sp³-hybridized carbons (Fsp3) is 0. The number of nitrogens with one attached hydrogen (secondary N) is 1. The highest BCUT2D eigenvalue weighted by Crippen LogP contribution is 2.25. The summed E-state index contributed by atoms with van der Waals surface area (Å²) in [4.78, 5) is 11.9. The molecule has 0 unspecified atom stereocenters. The molecule has 0 saturated heterocycles. The molecule has 0 radical (unpaired) electrons. The Labute approximate surface area is 114 Å². The van der Waals surface area contributed by atoms with Gasteiger partial charge in [0.05, 0.1) is 22.3 Å². The van der Waals surface area contributed by atoms with Crippen LogP contribution >= 0.6 is 11.6 Å². The van der Waals surface area contributed by atoms with Crippen molar-refractivity contribution in [2.24, 2.45) is 0 Å². The van der Waals surface area contributed by atoms with E-state index in [1.165, 1.54) is 30.3 Å². The number of nitriles is 1. The first kappa shape index (κ1) is 13.1. The first-order valence-electron chi connectivity index (χ1n) is 5.37. The third kappa shape index (κ3) is 2.90. The van der Waals surface area contributed by atoms with Gasteiger partial charge in [0.25, 0.3) is 5.91 Å². The summed E-state index contributed by atoms with van der Waals surface area (Å²) in [5.74, 6) is -1.14. The van der Waals surface area contributed by atoms with E-state index < -0.39 is 11.7 Å². The van der Waals surface area contributed by atoms with Crippen LogP contribution in [0.3, 0.4) is 0 Å². The van der Waals surface area contributed by atoms with Crippen molar-refractivity contribution < 1.29 is 9.18 Å². The van der Waals surface area contributed by atoms with Crippen LogP contribution in [0, 0.1) is 17.1 Å². The second kappa shape index (κ2) is 5.51. The van der Waals surface area contributed by atoms with Gasteiger partial charge >= 0.3 is 0 Å². The molecule has 0 heterocycles. The molecule has 3 nitrogen and oxygen atoms in total. The van der Waals surface area contributed by atoms with Crippen LogP contribution in [0.25, 0.3) is 0 Å². The zero-order chi connectivity index (χ0) is 13.8. The molecule has 2 rings (SSSR count). The molecule has 0 atom stereocenters. The second-order valence-electron chi connectivity index (χ2n) is 3.74. The summed E-state index contributed by atoms with van der Waals surface area (Å²) in [5.41, 5.74) is 0.544. The number of hydrogen-bond donors (Lipinski definition) is 1. The predicted molar refractivity (Wildman–Crippen MR) is 70.5 cm³/mol. The van der Waals surface area contributed by atoms with Crippen LogP contribution in [0.1, 0.15) is 15.9 Å². The molecule has 0 aromatic heterocycles. The third-order valence-electron chi connectivity index (χ3n) is 2.46.